The monoisotopic (exact) mass is 402 g/mol. The molecule has 0 radical (unpaired) electrons. The first-order chi connectivity index (χ1) is 15.3. The van der Waals surface area contributed by atoms with Crippen molar-refractivity contribution >= 4 is 28.0 Å². The van der Waals surface area contributed by atoms with E-state index in [2.05, 4.69) is 6.08 Å². The van der Waals surface area contributed by atoms with Crippen LogP contribution >= 0.6 is 0 Å². The van der Waals surface area contributed by atoms with Gasteiger partial charge in [0.15, 0.2) is 5.60 Å². The molecule has 0 saturated heterocycles. The van der Waals surface area contributed by atoms with Crippen LogP contribution in [0.1, 0.15) is 16.7 Å². The summed E-state index contributed by atoms with van der Waals surface area (Å²) in [5.74, 6) is 0.548. The van der Waals surface area contributed by atoms with Gasteiger partial charge >= 0.3 is 0 Å². The van der Waals surface area contributed by atoms with E-state index in [9.17, 15) is 4.79 Å². The van der Waals surface area contributed by atoms with Gasteiger partial charge < -0.3 is 9.15 Å². The molecule has 0 amide bonds. The van der Waals surface area contributed by atoms with E-state index < -0.39 is 5.60 Å². The summed E-state index contributed by atoms with van der Waals surface area (Å²) in [4.78, 5) is 13.5. The molecule has 4 aromatic carbocycles. The van der Waals surface area contributed by atoms with Crippen LogP contribution in [0.3, 0.4) is 0 Å². The Morgan fingerprint density at radius 1 is 0.645 bits per heavy atom. The Morgan fingerprint density at radius 2 is 1.29 bits per heavy atom. The molecule has 5 aromatic rings. The third kappa shape index (κ3) is 2.63. The van der Waals surface area contributed by atoms with Gasteiger partial charge in [0.1, 0.15) is 22.3 Å². The van der Waals surface area contributed by atoms with Crippen LogP contribution < -0.4 is 10.2 Å². The first kappa shape index (κ1) is 17.7. The largest absolute Gasteiger partial charge is 0.472 e. The van der Waals surface area contributed by atoms with Gasteiger partial charge in [-0.15, -0.1) is 0 Å². The van der Waals surface area contributed by atoms with E-state index in [0.29, 0.717) is 27.7 Å². The predicted octanol–water partition coefficient (Wildman–Crippen LogP) is 6.30. The van der Waals surface area contributed by atoms with Gasteiger partial charge in [-0.05, 0) is 30.3 Å². The minimum atomic E-state index is -0.845. The Bertz CT molecular complexity index is 1470. The van der Waals surface area contributed by atoms with E-state index >= 15 is 0 Å². The average molecular weight is 402 g/mol. The van der Waals surface area contributed by atoms with E-state index in [-0.39, 0.29) is 5.43 Å². The van der Waals surface area contributed by atoms with E-state index in [1.54, 1.807) is 6.07 Å². The highest BCUT2D eigenvalue weighted by Gasteiger charge is 2.38. The zero-order chi connectivity index (χ0) is 20.8. The minimum absolute atomic E-state index is 0.0842. The molecule has 1 aliphatic heterocycles. The zero-order valence-corrected chi connectivity index (χ0v) is 16.6. The third-order valence-electron chi connectivity index (χ3n) is 5.89. The molecule has 0 unspecified atom stereocenters. The molecule has 148 valence electrons. The van der Waals surface area contributed by atoms with E-state index in [1.807, 2.05) is 97.1 Å². The molecule has 0 bridgehead atoms. The molecule has 0 spiro atoms. The van der Waals surface area contributed by atoms with Crippen molar-refractivity contribution in [2.45, 2.75) is 5.60 Å². The molecule has 3 nitrogen and oxygen atoms in total. The topological polar surface area (TPSA) is 39.4 Å². The van der Waals surface area contributed by atoms with Gasteiger partial charge in [-0.2, -0.15) is 0 Å². The lowest BCUT2D eigenvalue weighted by atomic mass is 9.83. The lowest BCUT2D eigenvalue weighted by molar-refractivity contribution is 0.163. The van der Waals surface area contributed by atoms with Crippen molar-refractivity contribution in [2.24, 2.45) is 0 Å². The molecular formula is C28H18O3. The summed E-state index contributed by atoms with van der Waals surface area (Å²) >= 11 is 0. The van der Waals surface area contributed by atoms with Crippen molar-refractivity contribution in [2.75, 3.05) is 0 Å². The Hall–Kier alpha value is -4.11. The predicted molar refractivity (Wildman–Crippen MR) is 123 cm³/mol. The summed E-state index contributed by atoms with van der Waals surface area (Å²) in [6, 6.07) is 31.2. The van der Waals surface area contributed by atoms with Crippen LogP contribution in [-0.2, 0) is 5.60 Å². The SMILES string of the molecule is O=c1c2ccccc2oc2ccc3c(c12)OC(c1ccccc1)(c1ccccc1)C=C3. The maximum absolute atomic E-state index is 13.5. The van der Waals surface area contributed by atoms with E-state index in [0.717, 1.165) is 16.7 Å². The van der Waals surface area contributed by atoms with Crippen molar-refractivity contribution in [3.63, 3.8) is 0 Å². The average Bonchev–Trinajstić information content (AvgIpc) is 2.84. The van der Waals surface area contributed by atoms with E-state index in [1.165, 1.54) is 0 Å². The molecule has 6 rings (SSSR count). The fourth-order valence-corrected chi connectivity index (χ4v) is 4.37. The van der Waals surface area contributed by atoms with Crippen molar-refractivity contribution in [1.82, 2.24) is 0 Å². The Balaban J connectivity index is 1.67. The fourth-order valence-electron chi connectivity index (χ4n) is 4.37. The number of hydrogen-bond donors (Lipinski definition) is 0. The van der Waals surface area contributed by atoms with Gasteiger partial charge in [0.05, 0.1) is 5.39 Å². The Labute approximate surface area is 178 Å². The highest BCUT2D eigenvalue weighted by atomic mass is 16.5. The molecule has 1 aliphatic rings. The number of ether oxygens (including phenoxy) is 1. The number of hydrogen-bond acceptors (Lipinski definition) is 3. The van der Waals surface area contributed by atoms with Crippen LogP contribution in [0.2, 0.25) is 0 Å². The quantitative estimate of drug-likeness (QED) is 0.326. The number of fused-ring (bicyclic) bond motifs is 4. The molecule has 0 atom stereocenters. The summed E-state index contributed by atoms with van der Waals surface area (Å²) in [6.07, 6.45) is 4.10. The summed E-state index contributed by atoms with van der Waals surface area (Å²) in [5, 5.41) is 1.02. The normalized spacial score (nSPS) is 14.3. The van der Waals surface area contributed by atoms with Gasteiger partial charge in [0, 0.05) is 16.7 Å². The Morgan fingerprint density at radius 3 is 2.00 bits per heavy atom. The smallest absolute Gasteiger partial charge is 0.204 e. The second-order valence-electron chi connectivity index (χ2n) is 7.69. The molecular weight excluding hydrogens is 384 g/mol. The Kier molecular flexibility index (Phi) is 3.84. The molecule has 2 heterocycles. The molecule has 31 heavy (non-hydrogen) atoms. The van der Waals surface area contributed by atoms with Gasteiger partial charge in [-0.25, -0.2) is 0 Å². The van der Waals surface area contributed by atoms with Crippen LogP contribution in [0.4, 0.5) is 0 Å². The maximum Gasteiger partial charge on any atom is 0.204 e. The zero-order valence-electron chi connectivity index (χ0n) is 16.6. The second kappa shape index (κ2) is 6.71. The van der Waals surface area contributed by atoms with Crippen molar-refractivity contribution in [3.8, 4) is 5.75 Å². The minimum Gasteiger partial charge on any atom is -0.472 e. The molecule has 3 heteroatoms. The molecule has 0 N–H and O–H groups in total. The van der Waals surface area contributed by atoms with Gasteiger partial charge in [0.25, 0.3) is 0 Å². The summed E-state index contributed by atoms with van der Waals surface area (Å²) in [5.41, 5.74) is 3.01. The summed E-state index contributed by atoms with van der Waals surface area (Å²) < 4.78 is 12.9. The first-order valence-electron chi connectivity index (χ1n) is 10.2. The first-order valence-corrected chi connectivity index (χ1v) is 10.2. The van der Waals surface area contributed by atoms with Crippen LogP contribution in [0.25, 0.3) is 28.0 Å². The van der Waals surface area contributed by atoms with Gasteiger partial charge in [-0.1, -0.05) is 78.9 Å². The van der Waals surface area contributed by atoms with Crippen molar-refractivity contribution < 1.29 is 9.15 Å². The highest BCUT2D eigenvalue weighted by molar-refractivity contribution is 5.95. The second-order valence-corrected chi connectivity index (χ2v) is 7.69. The molecule has 0 fully saturated rings. The summed E-state index contributed by atoms with van der Waals surface area (Å²) in [6.45, 7) is 0. The highest BCUT2D eigenvalue weighted by Crippen LogP contribution is 2.44. The molecule has 0 saturated carbocycles. The summed E-state index contributed by atoms with van der Waals surface area (Å²) in [7, 11) is 0. The molecule has 1 aromatic heterocycles. The maximum atomic E-state index is 13.5. The van der Waals surface area contributed by atoms with Crippen LogP contribution in [0.15, 0.2) is 112 Å². The molecule has 0 aliphatic carbocycles. The van der Waals surface area contributed by atoms with Gasteiger partial charge in [-0.3, -0.25) is 4.79 Å². The number of para-hydroxylation sites is 1. The third-order valence-corrected chi connectivity index (χ3v) is 5.89. The standard InChI is InChI=1S/C28H18O3/c29-26-22-13-7-8-14-23(22)30-24-16-15-19-17-18-28(31-27(19)25(24)26,20-9-3-1-4-10-20)21-11-5-2-6-12-21/h1-18H. The number of benzene rings is 4. The lowest BCUT2D eigenvalue weighted by Gasteiger charge is -2.36. The van der Waals surface area contributed by atoms with Crippen molar-refractivity contribution in [1.29, 1.82) is 0 Å². The van der Waals surface area contributed by atoms with Crippen LogP contribution in [0.5, 0.6) is 5.75 Å². The van der Waals surface area contributed by atoms with Gasteiger partial charge in [0.2, 0.25) is 5.43 Å². The lowest BCUT2D eigenvalue weighted by Crippen LogP contribution is -2.34. The fraction of sp³-hybridized carbons (Fsp3) is 0.0357. The van der Waals surface area contributed by atoms with E-state index in [4.69, 9.17) is 9.15 Å². The van der Waals surface area contributed by atoms with Crippen LogP contribution in [-0.4, -0.2) is 0 Å². The van der Waals surface area contributed by atoms with Crippen molar-refractivity contribution in [3.05, 3.63) is 130 Å². The van der Waals surface area contributed by atoms with Crippen LogP contribution in [0, 0.1) is 0 Å². The number of rotatable bonds is 2.